The highest BCUT2D eigenvalue weighted by molar-refractivity contribution is 6.00. The molecule has 0 N–H and O–H groups in total. The van der Waals surface area contributed by atoms with Gasteiger partial charge in [0.2, 0.25) is 0 Å². The van der Waals surface area contributed by atoms with Gasteiger partial charge in [0.05, 0.1) is 6.04 Å². The van der Waals surface area contributed by atoms with Gasteiger partial charge in [-0.05, 0) is 64.3 Å². The third kappa shape index (κ3) is 4.67. The Morgan fingerprint density at radius 3 is 2.33 bits per heavy atom. The number of ketones is 1. The number of benzene rings is 1. The fraction of sp³-hybridized carbons (Fsp3) is 0.632. The zero-order valence-corrected chi connectivity index (χ0v) is 14.6. The van der Waals surface area contributed by atoms with Crippen LogP contribution in [0, 0.1) is 13.8 Å². The topological polar surface area (TPSA) is 20.3 Å². The minimum atomic E-state index is -0.0476. The third-order valence-electron chi connectivity index (χ3n) is 4.60. The zero-order valence-electron chi connectivity index (χ0n) is 14.6. The number of hydrogen-bond acceptors (Lipinski definition) is 2. The van der Waals surface area contributed by atoms with E-state index in [0.717, 1.165) is 31.4 Å². The molecule has 0 spiro atoms. The first-order chi connectivity index (χ1) is 9.92. The van der Waals surface area contributed by atoms with Crippen molar-refractivity contribution in [3.05, 3.63) is 34.9 Å². The zero-order chi connectivity index (χ0) is 16.0. The highest BCUT2D eigenvalue weighted by atomic mass is 16.1. The predicted octanol–water partition coefficient (Wildman–Crippen LogP) is 4.78. The van der Waals surface area contributed by atoms with Gasteiger partial charge < -0.3 is 0 Å². The van der Waals surface area contributed by atoms with Crippen molar-refractivity contribution >= 4 is 5.78 Å². The Hall–Kier alpha value is -1.15. The summed E-state index contributed by atoms with van der Waals surface area (Å²) in [4.78, 5) is 15.2. The minimum Gasteiger partial charge on any atom is -0.292 e. The summed E-state index contributed by atoms with van der Waals surface area (Å²) in [5, 5.41) is 0. The number of nitrogens with zero attached hydrogens (tertiary/aromatic N) is 1. The van der Waals surface area contributed by atoms with Gasteiger partial charge in [-0.25, -0.2) is 0 Å². The maximum Gasteiger partial charge on any atom is 0.179 e. The second-order valence-corrected chi connectivity index (χ2v) is 6.19. The first-order valence-corrected chi connectivity index (χ1v) is 8.29. The lowest BCUT2D eigenvalue weighted by Crippen LogP contribution is -2.45. The molecule has 118 valence electrons. The van der Waals surface area contributed by atoms with Gasteiger partial charge in [-0.1, -0.05) is 32.4 Å². The van der Waals surface area contributed by atoms with Crippen LogP contribution in [0.25, 0.3) is 0 Å². The maximum atomic E-state index is 12.8. The Morgan fingerprint density at radius 2 is 1.81 bits per heavy atom. The van der Waals surface area contributed by atoms with Crippen LogP contribution in [-0.2, 0) is 0 Å². The lowest BCUT2D eigenvalue weighted by Gasteiger charge is -2.33. The summed E-state index contributed by atoms with van der Waals surface area (Å²) in [5.41, 5.74) is 3.27. The molecular weight excluding hydrogens is 258 g/mol. The summed E-state index contributed by atoms with van der Waals surface area (Å²) < 4.78 is 0. The molecule has 0 saturated heterocycles. The Morgan fingerprint density at radius 1 is 1.14 bits per heavy atom. The number of Topliss-reactive ketones (excluding diaryl/α,β-unsaturated/α-hetero) is 1. The maximum absolute atomic E-state index is 12.8. The van der Waals surface area contributed by atoms with Crippen LogP contribution in [0.15, 0.2) is 18.2 Å². The molecule has 2 nitrogen and oxygen atoms in total. The number of carbonyl (C=O) groups excluding carboxylic acids is 1. The number of hydrogen-bond donors (Lipinski definition) is 0. The minimum absolute atomic E-state index is 0.0476. The quantitative estimate of drug-likeness (QED) is 0.642. The Balaban J connectivity index is 2.92. The molecule has 1 aromatic carbocycles. The highest BCUT2D eigenvalue weighted by Crippen LogP contribution is 2.17. The lowest BCUT2D eigenvalue weighted by atomic mass is 9.98. The SMILES string of the molecule is CCCCN(C(C)CC)C(C)C(=O)c1ccc(C)c(C)c1. The monoisotopic (exact) mass is 289 g/mol. The molecule has 0 aliphatic rings. The molecule has 0 amide bonds. The molecule has 0 fully saturated rings. The fourth-order valence-electron chi connectivity index (χ4n) is 2.66. The molecule has 1 aromatic rings. The first kappa shape index (κ1) is 17.9. The fourth-order valence-corrected chi connectivity index (χ4v) is 2.66. The van der Waals surface area contributed by atoms with Gasteiger partial charge in [-0.2, -0.15) is 0 Å². The van der Waals surface area contributed by atoms with Crippen LogP contribution in [0.5, 0.6) is 0 Å². The molecule has 0 aromatic heterocycles. The summed E-state index contributed by atoms with van der Waals surface area (Å²) in [6.45, 7) is 13.8. The molecule has 1 rings (SSSR count). The van der Waals surface area contributed by atoms with Gasteiger partial charge >= 0.3 is 0 Å². The number of aryl methyl sites for hydroxylation is 2. The average Bonchev–Trinajstić information content (AvgIpc) is 2.49. The molecule has 0 bridgehead atoms. The van der Waals surface area contributed by atoms with E-state index in [9.17, 15) is 4.79 Å². The van der Waals surface area contributed by atoms with Crippen molar-refractivity contribution in [1.29, 1.82) is 0 Å². The van der Waals surface area contributed by atoms with Crippen LogP contribution in [0.1, 0.15) is 68.4 Å². The van der Waals surface area contributed by atoms with Crippen molar-refractivity contribution in [2.75, 3.05) is 6.54 Å². The Kier molecular flexibility index (Phi) is 7.10. The first-order valence-electron chi connectivity index (χ1n) is 8.29. The molecule has 0 radical (unpaired) electrons. The van der Waals surface area contributed by atoms with Crippen molar-refractivity contribution < 1.29 is 4.79 Å². The van der Waals surface area contributed by atoms with Crippen LogP contribution < -0.4 is 0 Å². The van der Waals surface area contributed by atoms with Crippen LogP contribution in [0.3, 0.4) is 0 Å². The normalized spacial score (nSPS) is 14.2. The van der Waals surface area contributed by atoms with Gasteiger partial charge in [-0.3, -0.25) is 9.69 Å². The average molecular weight is 289 g/mol. The molecule has 21 heavy (non-hydrogen) atoms. The van der Waals surface area contributed by atoms with Gasteiger partial charge in [0.25, 0.3) is 0 Å². The van der Waals surface area contributed by atoms with E-state index < -0.39 is 0 Å². The van der Waals surface area contributed by atoms with Gasteiger partial charge in [0.15, 0.2) is 5.78 Å². The number of carbonyl (C=O) groups is 1. The van der Waals surface area contributed by atoms with Crippen LogP contribution >= 0.6 is 0 Å². The van der Waals surface area contributed by atoms with Gasteiger partial charge in [0, 0.05) is 11.6 Å². The van der Waals surface area contributed by atoms with E-state index in [0.29, 0.717) is 6.04 Å². The van der Waals surface area contributed by atoms with E-state index >= 15 is 0 Å². The van der Waals surface area contributed by atoms with Crippen molar-refractivity contribution in [2.24, 2.45) is 0 Å². The van der Waals surface area contributed by atoms with Crippen LogP contribution in [0.2, 0.25) is 0 Å². The van der Waals surface area contributed by atoms with E-state index in [1.807, 2.05) is 12.1 Å². The molecule has 2 heteroatoms. The number of rotatable bonds is 8. The lowest BCUT2D eigenvalue weighted by molar-refractivity contribution is 0.0766. The molecule has 0 heterocycles. The third-order valence-corrected chi connectivity index (χ3v) is 4.60. The molecule has 0 saturated carbocycles. The van der Waals surface area contributed by atoms with Crippen molar-refractivity contribution in [2.45, 2.75) is 72.9 Å². The molecular formula is C19H31NO. The van der Waals surface area contributed by atoms with E-state index in [-0.39, 0.29) is 11.8 Å². The van der Waals surface area contributed by atoms with E-state index in [4.69, 9.17) is 0 Å². The molecule has 0 aliphatic heterocycles. The standard InChI is InChI=1S/C19H31NO/c1-7-9-12-20(16(5)8-2)17(6)19(21)18-11-10-14(3)15(4)13-18/h10-11,13,16-17H,7-9,12H2,1-6H3. The van der Waals surface area contributed by atoms with Crippen molar-refractivity contribution in [1.82, 2.24) is 4.90 Å². The summed E-state index contributed by atoms with van der Waals surface area (Å²) in [5.74, 6) is 0.245. The summed E-state index contributed by atoms with van der Waals surface area (Å²) in [6, 6.07) is 6.45. The largest absolute Gasteiger partial charge is 0.292 e. The summed E-state index contributed by atoms with van der Waals surface area (Å²) in [7, 11) is 0. The second kappa shape index (κ2) is 8.33. The van der Waals surface area contributed by atoms with Crippen molar-refractivity contribution in [3.63, 3.8) is 0 Å². The van der Waals surface area contributed by atoms with E-state index in [2.05, 4.69) is 52.5 Å². The van der Waals surface area contributed by atoms with Gasteiger partial charge in [-0.15, -0.1) is 0 Å². The Bertz CT molecular complexity index is 467. The van der Waals surface area contributed by atoms with Crippen molar-refractivity contribution in [3.8, 4) is 0 Å². The van der Waals surface area contributed by atoms with E-state index in [1.54, 1.807) is 0 Å². The summed E-state index contributed by atoms with van der Waals surface area (Å²) >= 11 is 0. The molecule has 2 atom stereocenters. The van der Waals surface area contributed by atoms with Crippen LogP contribution in [-0.4, -0.2) is 29.3 Å². The van der Waals surface area contributed by atoms with Crippen LogP contribution in [0.4, 0.5) is 0 Å². The Labute approximate surface area is 130 Å². The number of unbranched alkanes of at least 4 members (excludes halogenated alkanes) is 1. The summed E-state index contributed by atoms with van der Waals surface area (Å²) in [6.07, 6.45) is 3.39. The predicted molar refractivity (Wildman–Crippen MR) is 91.1 cm³/mol. The molecule has 0 aliphatic carbocycles. The highest BCUT2D eigenvalue weighted by Gasteiger charge is 2.25. The molecule has 2 unspecified atom stereocenters. The second-order valence-electron chi connectivity index (χ2n) is 6.19. The van der Waals surface area contributed by atoms with E-state index in [1.165, 1.54) is 11.1 Å². The van der Waals surface area contributed by atoms with Gasteiger partial charge in [0.1, 0.15) is 0 Å². The smallest absolute Gasteiger partial charge is 0.179 e.